The molecule has 4 rings (SSSR count). The highest BCUT2D eigenvalue weighted by Crippen LogP contribution is 2.50. The van der Waals surface area contributed by atoms with Crippen LogP contribution in [0.15, 0.2) is 54.1 Å². The van der Waals surface area contributed by atoms with Crippen molar-refractivity contribution >= 4 is 29.1 Å². The standard InChI is InChI=1S/C21H19Cl2NO/c1-12-2-7-15(19(23)10-12)16-8-9-17-18(11-24-21(17)25)20(16)13-3-5-14(22)6-4-13/h2-7,9-10,16,18,20H,8,11H2,1H3,(H,24,25). The fourth-order valence-electron chi connectivity index (χ4n) is 4.23. The second-order valence-electron chi connectivity index (χ2n) is 6.92. The Morgan fingerprint density at radius 3 is 2.52 bits per heavy atom. The van der Waals surface area contributed by atoms with Crippen LogP contribution in [0, 0.1) is 12.8 Å². The van der Waals surface area contributed by atoms with Crippen molar-refractivity contribution in [2.75, 3.05) is 6.54 Å². The van der Waals surface area contributed by atoms with Crippen LogP contribution in [0.2, 0.25) is 10.0 Å². The molecule has 2 aromatic rings. The molecule has 1 amide bonds. The van der Waals surface area contributed by atoms with E-state index in [0.717, 1.165) is 33.2 Å². The summed E-state index contributed by atoms with van der Waals surface area (Å²) in [6.07, 6.45) is 2.91. The summed E-state index contributed by atoms with van der Waals surface area (Å²) >= 11 is 12.7. The lowest BCUT2D eigenvalue weighted by atomic mass is 9.67. The van der Waals surface area contributed by atoms with Gasteiger partial charge in [-0.15, -0.1) is 0 Å². The number of carbonyl (C=O) groups excluding carboxylic acids is 1. The number of nitrogens with one attached hydrogen (secondary N) is 1. The molecule has 2 aliphatic rings. The van der Waals surface area contributed by atoms with E-state index in [4.69, 9.17) is 23.2 Å². The topological polar surface area (TPSA) is 29.1 Å². The molecule has 1 saturated heterocycles. The number of fused-ring (bicyclic) bond motifs is 1. The van der Waals surface area contributed by atoms with Gasteiger partial charge in [-0.05, 0) is 60.1 Å². The fourth-order valence-corrected chi connectivity index (χ4v) is 4.73. The minimum absolute atomic E-state index is 0.0671. The van der Waals surface area contributed by atoms with Gasteiger partial charge in [-0.25, -0.2) is 0 Å². The maximum Gasteiger partial charge on any atom is 0.247 e. The molecule has 0 saturated carbocycles. The summed E-state index contributed by atoms with van der Waals surface area (Å²) in [5.74, 6) is 0.689. The predicted molar refractivity (Wildman–Crippen MR) is 102 cm³/mol. The molecule has 3 atom stereocenters. The highest BCUT2D eigenvalue weighted by Gasteiger charge is 2.42. The van der Waals surface area contributed by atoms with Crippen molar-refractivity contribution in [2.45, 2.75) is 25.2 Å². The lowest BCUT2D eigenvalue weighted by Crippen LogP contribution is -2.26. The molecule has 0 radical (unpaired) electrons. The SMILES string of the molecule is Cc1ccc(C2CC=C3C(=O)NCC3C2c2ccc(Cl)cc2)c(Cl)c1. The first-order valence-electron chi connectivity index (χ1n) is 8.54. The number of hydrogen-bond donors (Lipinski definition) is 1. The minimum atomic E-state index is 0.0671. The van der Waals surface area contributed by atoms with Crippen molar-refractivity contribution in [3.05, 3.63) is 80.8 Å². The molecular weight excluding hydrogens is 353 g/mol. The number of amides is 1. The van der Waals surface area contributed by atoms with E-state index >= 15 is 0 Å². The van der Waals surface area contributed by atoms with E-state index in [2.05, 4.69) is 35.7 Å². The summed E-state index contributed by atoms with van der Waals surface area (Å²) in [4.78, 5) is 12.2. The van der Waals surface area contributed by atoms with Gasteiger partial charge in [-0.3, -0.25) is 4.79 Å². The van der Waals surface area contributed by atoms with Gasteiger partial charge < -0.3 is 5.32 Å². The van der Waals surface area contributed by atoms with Crippen molar-refractivity contribution < 1.29 is 4.79 Å². The number of rotatable bonds is 2. The molecule has 0 bridgehead atoms. The number of hydrogen-bond acceptors (Lipinski definition) is 1. The zero-order chi connectivity index (χ0) is 17.6. The summed E-state index contributed by atoms with van der Waals surface area (Å²) in [6.45, 7) is 2.72. The van der Waals surface area contributed by atoms with Crippen molar-refractivity contribution in [2.24, 2.45) is 5.92 Å². The van der Waals surface area contributed by atoms with Gasteiger partial charge in [0.2, 0.25) is 5.91 Å². The molecule has 1 N–H and O–H groups in total. The second-order valence-corrected chi connectivity index (χ2v) is 7.76. The molecule has 0 aromatic heterocycles. The van der Waals surface area contributed by atoms with Gasteiger partial charge in [-0.1, -0.05) is 53.5 Å². The smallest absolute Gasteiger partial charge is 0.247 e. The van der Waals surface area contributed by atoms with Crippen LogP contribution in [-0.4, -0.2) is 12.5 Å². The van der Waals surface area contributed by atoms with E-state index in [9.17, 15) is 4.79 Å². The molecule has 4 heteroatoms. The van der Waals surface area contributed by atoms with Crippen LogP contribution in [-0.2, 0) is 4.79 Å². The summed E-state index contributed by atoms with van der Waals surface area (Å²) in [6, 6.07) is 14.3. The predicted octanol–water partition coefficient (Wildman–Crippen LogP) is 5.25. The van der Waals surface area contributed by atoms with E-state index in [1.165, 1.54) is 5.56 Å². The number of halogens is 2. The Labute approximate surface area is 157 Å². The van der Waals surface area contributed by atoms with Crippen LogP contribution in [0.5, 0.6) is 0 Å². The Hall–Kier alpha value is -1.77. The first kappa shape index (κ1) is 16.7. The average molecular weight is 372 g/mol. The third kappa shape index (κ3) is 2.98. The van der Waals surface area contributed by atoms with E-state index < -0.39 is 0 Å². The summed E-state index contributed by atoms with van der Waals surface area (Å²) in [5, 5.41) is 4.53. The van der Waals surface area contributed by atoms with Crippen LogP contribution < -0.4 is 5.32 Å². The summed E-state index contributed by atoms with van der Waals surface area (Å²) in [5.41, 5.74) is 4.43. The van der Waals surface area contributed by atoms with E-state index in [0.29, 0.717) is 6.54 Å². The third-order valence-electron chi connectivity index (χ3n) is 5.41. The van der Waals surface area contributed by atoms with E-state index in [-0.39, 0.29) is 23.7 Å². The first-order chi connectivity index (χ1) is 12.0. The maximum atomic E-state index is 12.2. The fraction of sp³-hybridized carbons (Fsp3) is 0.286. The number of allylic oxidation sites excluding steroid dienone is 1. The average Bonchev–Trinajstić information content (AvgIpc) is 2.97. The molecule has 1 fully saturated rings. The maximum absolute atomic E-state index is 12.2. The Morgan fingerprint density at radius 1 is 1.04 bits per heavy atom. The molecule has 0 spiro atoms. The Kier molecular flexibility index (Phi) is 4.35. The molecule has 128 valence electrons. The van der Waals surface area contributed by atoms with E-state index in [1.807, 2.05) is 25.1 Å². The van der Waals surface area contributed by atoms with Gasteiger partial charge in [0.15, 0.2) is 0 Å². The summed E-state index contributed by atoms with van der Waals surface area (Å²) < 4.78 is 0. The monoisotopic (exact) mass is 371 g/mol. The van der Waals surface area contributed by atoms with Gasteiger partial charge in [0.1, 0.15) is 0 Å². The third-order valence-corrected chi connectivity index (χ3v) is 5.99. The quantitative estimate of drug-likeness (QED) is 0.767. The second kappa shape index (κ2) is 6.51. The molecule has 1 heterocycles. The number of benzene rings is 2. The Balaban J connectivity index is 1.82. The van der Waals surface area contributed by atoms with Gasteiger partial charge in [0, 0.05) is 28.1 Å². The Bertz CT molecular complexity index is 857. The highest BCUT2D eigenvalue weighted by molar-refractivity contribution is 6.31. The van der Waals surface area contributed by atoms with E-state index in [1.54, 1.807) is 0 Å². The van der Waals surface area contributed by atoms with Gasteiger partial charge >= 0.3 is 0 Å². The molecule has 25 heavy (non-hydrogen) atoms. The molecule has 3 unspecified atom stereocenters. The number of carbonyl (C=O) groups is 1. The van der Waals surface area contributed by atoms with Gasteiger partial charge in [-0.2, -0.15) is 0 Å². The van der Waals surface area contributed by atoms with Crippen molar-refractivity contribution in [1.82, 2.24) is 5.32 Å². The first-order valence-corrected chi connectivity index (χ1v) is 9.30. The lowest BCUT2D eigenvalue weighted by molar-refractivity contribution is -0.116. The van der Waals surface area contributed by atoms with Crippen LogP contribution in [0.1, 0.15) is 34.9 Å². The zero-order valence-corrected chi connectivity index (χ0v) is 15.4. The van der Waals surface area contributed by atoms with Crippen LogP contribution >= 0.6 is 23.2 Å². The van der Waals surface area contributed by atoms with Crippen LogP contribution in [0.3, 0.4) is 0 Å². The zero-order valence-electron chi connectivity index (χ0n) is 13.9. The molecule has 1 aliphatic carbocycles. The van der Waals surface area contributed by atoms with Crippen molar-refractivity contribution in [3.8, 4) is 0 Å². The highest BCUT2D eigenvalue weighted by atomic mass is 35.5. The molecule has 2 aromatic carbocycles. The summed E-state index contributed by atoms with van der Waals surface area (Å²) in [7, 11) is 0. The minimum Gasteiger partial charge on any atom is -0.352 e. The molecule has 2 nitrogen and oxygen atoms in total. The lowest BCUT2D eigenvalue weighted by Gasteiger charge is -2.36. The van der Waals surface area contributed by atoms with Gasteiger partial charge in [0.05, 0.1) is 0 Å². The van der Waals surface area contributed by atoms with Crippen molar-refractivity contribution in [3.63, 3.8) is 0 Å². The van der Waals surface area contributed by atoms with Crippen LogP contribution in [0.4, 0.5) is 0 Å². The molecule has 1 aliphatic heterocycles. The Morgan fingerprint density at radius 2 is 1.80 bits per heavy atom. The molecular formula is C21H19Cl2NO. The van der Waals surface area contributed by atoms with Gasteiger partial charge in [0.25, 0.3) is 0 Å². The van der Waals surface area contributed by atoms with Crippen molar-refractivity contribution in [1.29, 1.82) is 0 Å². The van der Waals surface area contributed by atoms with Crippen LogP contribution in [0.25, 0.3) is 0 Å². The normalized spacial score (nSPS) is 25.3. The number of aryl methyl sites for hydroxylation is 1. The largest absolute Gasteiger partial charge is 0.352 e.